The molecule has 0 radical (unpaired) electrons. The highest BCUT2D eigenvalue weighted by Crippen LogP contribution is 2.17. The Morgan fingerprint density at radius 2 is 2.06 bits per heavy atom. The van der Waals surface area contributed by atoms with E-state index in [4.69, 9.17) is 4.42 Å². The molecule has 1 amide bonds. The molecule has 0 unspecified atom stereocenters. The Labute approximate surface area is 178 Å². The molecular weight excluding hydrogens is 398 g/mol. The number of fused-ring (bicyclic) bond motifs is 1. The number of aryl methyl sites for hydroxylation is 4. The van der Waals surface area contributed by atoms with Crippen LogP contribution in [-0.4, -0.2) is 41.5 Å². The van der Waals surface area contributed by atoms with E-state index >= 15 is 0 Å². The summed E-state index contributed by atoms with van der Waals surface area (Å²) >= 11 is 0. The second kappa shape index (κ2) is 8.42. The van der Waals surface area contributed by atoms with Crippen molar-refractivity contribution >= 4 is 29.5 Å². The fourth-order valence-corrected chi connectivity index (χ4v) is 3.27. The van der Waals surface area contributed by atoms with E-state index in [9.17, 15) is 9.59 Å². The van der Waals surface area contributed by atoms with Gasteiger partial charge in [0.05, 0.1) is 18.6 Å². The van der Waals surface area contributed by atoms with Gasteiger partial charge in [-0.2, -0.15) is 4.68 Å². The summed E-state index contributed by atoms with van der Waals surface area (Å²) in [5.41, 5.74) is 3.12. The Hall–Kier alpha value is -3.95. The summed E-state index contributed by atoms with van der Waals surface area (Å²) in [5, 5.41) is 5.36. The lowest BCUT2D eigenvalue weighted by molar-refractivity contribution is -0.115. The largest absolute Gasteiger partial charge is 0.437 e. The van der Waals surface area contributed by atoms with Gasteiger partial charge in [-0.15, -0.1) is 5.10 Å². The van der Waals surface area contributed by atoms with Crippen LogP contribution in [0.1, 0.15) is 17.1 Å². The lowest BCUT2D eigenvalue weighted by Crippen LogP contribution is -2.20. The van der Waals surface area contributed by atoms with Crippen molar-refractivity contribution in [3.05, 3.63) is 64.5 Å². The minimum absolute atomic E-state index is 0.00288. The summed E-state index contributed by atoms with van der Waals surface area (Å²) in [6.45, 7) is 2.25. The Kier molecular flexibility index (Phi) is 5.52. The Morgan fingerprint density at radius 1 is 1.23 bits per heavy atom. The zero-order chi connectivity index (χ0) is 22.0. The third-order valence-electron chi connectivity index (χ3n) is 5.20. The third-order valence-corrected chi connectivity index (χ3v) is 5.20. The number of rotatable bonds is 8. The Balaban J connectivity index is 1.41. The predicted molar refractivity (Wildman–Crippen MR) is 115 cm³/mol. The zero-order valence-corrected chi connectivity index (χ0v) is 17.6. The summed E-state index contributed by atoms with van der Waals surface area (Å²) in [5.74, 6) is 0.0932. The van der Waals surface area contributed by atoms with Gasteiger partial charge in [0.2, 0.25) is 12.3 Å². The van der Waals surface area contributed by atoms with Crippen molar-refractivity contribution < 1.29 is 9.21 Å². The molecule has 10 nitrogen and oxygen atoms in total. The van der Waals surface area contributed by atoms with E-state index < -0.39 is 5.76 Å². The minimum atomic E-state index is -0.556. The molecule has 0 bridgehead atoms. The maximum Gasteiger partial charge on any atom is 0.437 e. The van der Waals surface area contributed by atoms with E-state index in [0.717, 1.165) is 22.2 Å². The third kappa shape index (κ3) is 4.32. The van der Waals surface area contributed by atoms with Crippen molar-refractivity contribution in [1.29, 1.82) is 0 Å². The topological polar surface area (TPSA) is 103 Å². The van der Waals surface area contributed by atoms with Crippen LogP contribution in [0.3, 0.4) is 0 Å². The van der Waals surface area contributed by atoms with E-state index in [0.29, 0.717) is 25.2 Å². The van der Waals surface area contributed by atoms with Crippen LogP contribution in [-0.2, 0) is 38.4 Å². The molecular formula is C21H23N7O3. The number of hydrogen-bond acceptors (Lipinski definition) is 6. The summed E-state index contributed by atoms with van der Waals surface area (Å²) < 4.78 is 10.4. The summed E-state index contributed by atoms with van der Waals surface area (Å²) in [7, 11) is 3.86. The smallest absolute Gasteiger partial charge is 0.390 e. The molecule has 3 heterocycles. The molecule has 0 saturated carbocycles. The minimum Gasteiger partial charge on any atom is -0.390 e. The van der Waals surface area contributed by atoms with Crippen LogP contribution in [0.2, 0.25) is 0 Å². The van der Waals surface area contributed by atoms with Crippen LogP contribution >= 0.6 is 0 Å². The molecule has 0 N–H and O–H groups in total. The highest BCUT2D eigenvalue weighted by molar-refractivity contribution is 5.80. The van der Waals surface area contributed by atoms with Crippen LogP contribution in [0.5, 0.6) is 0 Å². The van der Waals surface area contributed by atoms with E-state index in [1.54, 1.807) is 6.33 Å². The van der Waals surface area contributed by atoms with Gasteiger partial charge in [-0.1, -0.05) is 6.07 Å². The number of imidazole rings is 1. The van der Waals surface area contributed by atoms with Crippen molar-refractivity contribution in [3.63, 3.8) is 0 Å². The molecule has 0 aliphatic rings. The second-order valence-corrected chi connectivity index (χ2v) is 7.34. The van der Waals surface area contributed by atoms with E-state index in [1.165, 1.54) is 15.9 Å². The summed E-state index contributed by atoms with van der Waals surface area (Å²) in [4.78, 5) is 33.1. The van der Waals surface area contributed by atoms with E-state index in [1.807, 2.05) is 37.8 Å². The van der Waals surface area contributed by atoms with Crippen LogP contribution < -0.4 is 5.76 Å². The molecule has 0 aliphatic carbocycles. The average Bonchev–Trinajstić information content (AvgIpc) is 3.41. The zero-order valence-electron chi connectivity index (χ0n) is 17.6. The number of nitrogens with zero attached hydrogens (tertiary/aromatic N) is 7. The molecule has 0 aliphatic heterocycles. The van der Waals surface area contributed by atoms with Gasteiger partial charge in [0.15, 0.2) is 5.82 Å². The number of amides is 1. The maximum absolute atomic E-state index is 12.2. The molecule has 0 fully saturated rings. The monoisotopic (exact) mass is 421 g/mol. The first kappa shape index (κ1) is 20.3. The molecule has 160 valence electrons. The molecule has 0 saturated heterocycles. The SMILES string of the molecule is Cc1c(N=CN(C=O)Cc2nn(CCc3ccc4c(ccn4C)c3)c(=O)o2)ncn1C. The quantitative estimate of drug-likeness (QED) is 0.246. The summed E-state index contributed by atoms with van der Waals surface area (Å²) in [6.07, 6.45) is 6.23. The summed E-state index contributed by atoms with van der Waals surface area (Å²) in [6, 6.07) is 8.26. The van der Waals surface area contributed by atoms with Crippen molar-refractivity contribution in [3.8, 4) is 0 Å². The van der Waals surface area contributed by atoms with Gasteiger partial charge in [-0.05, 0) is 42.5 Å². The molecule has 0 atom stereocenters. The van der Waals surface area contributed by atoms with Crippen molar-refractivity contribution in [2.75, 3.05) is 0 Å². The van der Waals surface area contributed by atoms with Crippen LogP contribution in [0, 0.1) is 6.92 Å². The lowest BCUT2D eigenvalue weighted by Gasteiger charge is -2.07. The van der Waals surface area contributed by atoms with Gasteiger partial charge in [0.25, 0.3) is 0 Å². The van der Waals surface area contributed by atoms with Crippen molar-refractivity contribution in [2.45, 2.75) is 26.4 Å². The fourth-order valence-electron chi connectivity index (χ4n) is 3.27. The van der Waals surface area contributed by atoms with Gasteiger partial charge in [0.1, 0.15) is 12.9 Å². The fraction of sp³-hybridized carbons (Fsp3) is 0.286. The highest BCUT2D eigenvalue weighted by atomic mass is 16.4. The standard InChI is InChI=1S/C21H23N7O3/c1-15-20(22-12-26(15)3)23-13-27(14-29)11-19-24-28(21(30)31-19)9-6-16-4-5-18-17(10-16)7-8-25(18)2/h4-5,7-8,10,12-14H,6,9,11H2,1-3H3. The number of aromatic nitrogens is 5. The van der Waals surface area contributed by atoms with Crippen LogP contribution in [0.25, 0.3) is 10.9 Å². The molecule has 4 aromatic rings. The molecule has 1 aromatic carbocycles. The number of hydrogen-bond donors (Lipinski definition) is 0. The average molecular weight is 421 g/mol. The van der Waals surface area contributed by atoms with Crippen molar-refractivity contribution in [1.82, 2.24) is 28.8 Å². The first-order valence-electron chi connectivity index (χ1n) is 9.78. The van der Waals surface area contributed by atoms with Gasteiger partial charge in [-0.25, -0.2) is 14.8 Å². The molecule has 4 rings (SSSR count). The van der Waals surface area contributed by atoms with Crippen LogP contribution in [0.4, 0.5) is 5.82 Å². The van der Waals surface area contributed by atoms with Gasteiger partial charge in [-0.3, -0.25) is 9.69 Å². The first-order valence-corrected chi connectivity index (χ1v) is 9.78. The highest BCUT2D eigenvalue weighted by Gasteiger charge is 2.12. The number of aliphatic imine (C=N–C) groups is 1. The predicted octanol–water partition coefficient (Wildman–Crippen LogP) is 1.93. The first-order chi connectivity index (χ1) is 14.9. The Morgan fingerprint density at radius 3 is 2.81 bits per heavy atom. The lowest BCUT2D eigenvalue weighted by atomic mass is 10.1. The van der Waals surface area contributed by atoms with Gasteiger partial charge in [0, 0.05) is 25.8 Å². The van der Waals surface area contributed by atoms with Gasteiger partial charge >= 0.3 is 5.76 Å². The number of carbonyl (C=O) groups is 1. The number of carbonyl (C=O) groups excluding carboxylic acids is 1. The molecule has 3 aromatic heterocycles. The molecule has 0 spiro atoms. The van der Waals surface area contributed by atoms with Gasteiger partial charge < -0.3 is 13.6 Å². The second-order valence-electron chi connectivity index (χ2n) is 7.34. The van der Waals surface area contributed by atoms with Crippen LogP contribution in [0.15, 0.2) is 51.0 Å². The number of benzene rings is 1. The maximum atomic E-state index is 12.2. The van der Waals surface area contributed by atoms with E-state index in [-0.39, 0.29) is 12.4 Å². The van der Waals surface area contributed by atoms with E-state index in [2.05, 4.69) is 37.8 Å². The Bertz CT molecular complexity index is 1310. The normalized spacial score (nSPS) is 11.6. The van der Waals surface area contributed by atoms with Crippen molar-refractivity contribution in [2.24, 2.45) is 19.1 Å². The molecule has 10 heteroatoms. The molecule has 31 heavy (non-hydrogen) atoms.